The molecule has 0 radical (unpaired) electrons. The van der Waals surface area contributed by atoms with Crippen LogP contribution >= 0.6 is 12.2 Å². The van der Waals surface area contributed by atoms with E-state index in [1.54, 1.807) is 0 Å². The van der Waals surface area contributed by atoms with Crippen molar-refractivity contribution >= 4 is 23.0 Å². The van der Waals surface area contributed by atoms with Crippen molar-refractivity contribution in [2.75, 3.05) is 18.0 Å². The maximum Gasteiger partial charge on any atom is 0.173 e. The molecule has 3 aliphatic rings. The molecule has 2 aromatic carbocycles. The third-order valence-electron chi connectivity index (χ3n) is 5.42. The van der Waals surface area contributed by atoms with Gasteiger partial charge >= 0.3 is 0 Å². The van der Waals surface area contributed by atoms with E-state index in [-0.39, 0.29) is 11.0 Å². The average molecular weight is 322 g/mol. The van der Waals surface area contributed by atoms with Crippen molar-refractivity contribution in [2.24, 2.45) is 0 Å². The second kappa shape index (κ2) is 4.48. The largest absolute Gasteiger partial charge is 0.486 e. The van der Waals surface area contributed by atoms with Crippen LogP contribution in [0, 0.1) is 0 Å². The fourth-order valence-electron chi connectivity index (χ4n) is 3.89. The van der Waals surface area contributed by atoms with Gasteiger partial charge in [0.05, 0.1) is 0 Å². The summed E-state index contributed by atoms with van der Waals surface area (Å²) in [5, 5.41) is 4.00. The lowest BCUT2D eigenvalue weighted by Crippen LogP contribution is -2.27. The molecule has 0 bridgehead atoms. The Labute approximate surface area is 141 Å². The summed E-state index contributed by atoms with van der Waals surface area (Å²) < 4.78 is 6.39. The van der Waals surface area contributed by atoms with Crippen LogP contribution in [-0.2, 0) is 5.41 Å². The highest BCUT2D eigenvalue weighted by molar-refractivity contribution is 7.80. The number of hydrogen-bond acceptors (Lipinski definition) is 2. The van der Waals surface area contributed by atoms with Gasteiger partial charge in [0.15, 0.2) is 5.11 Å². The van der Waals surface area contributed by atoms with Crippen LogP contribution in [0.25, 0.3) is 0 Å². The van der Waals surface area contributed by atoms with Gasteiger partial charge in [-0.3, -0.25) is 0 Å². The molecule has 2 aromatic rings. The first kappa shape index (κ1) is 13.4. The van der Waals surface area contributed by atoms with E-state index in [2.05, 4.69) is 64.8 Å². The number of nitrogens with one attached hydrogen (secondary N) is 1. The monoisotopic (exact) mass is 322 g/mol. The molecule has 2 saturated carbocycles. The zero-order chi connectivity index (χ0) is 15.5. The maximum absolute atomic E-state index is 6.39. The van der Waals surface area contributed by atoms with E-state index in [0.29, 0.717) is 0 Å². The number of nitrogens with zero attached hydrogens (tertiary/aromatic N) is 1. The molecule has 3 fully saturated rings. The van der Waals surface area contributed by atoms with Gasteiger partial charge in [-0.15, -0.1) is 0 Å². The SMILES string of the molecule is S=C1NCCN1c1cccc(OC23CC2(c2ccccc2)C3)c1. The van der Waals surface area contributed by atoms with E-state index in [1.165, 1.54) is 5.56 Å². The van der Waals surface area contributed by atoms with Crippen LogP contribution in [0.1, 0.15) is 18.4 Å². The Kier molecular flexibility index (Phi) is 2.61. The fraction of sp³-hybridized carbons (Fsp3) is 0.316. The zero-order valence-electron chi connectivity index (χ0n) is 12.8. The van der Waals surface area contributed by atoms with Crippen LogP contribution in [0.2, 0.25) is 0 Å². The van der Waals surface area contributed by atoms with E-state index >= 15 is 0 Å². The Hall–Kier alpha value is -2.07. The van der Waals surface area contributed by atoms with Gasteiger partial charge in [-0.2, -0.15) is 0 Å². The molecule has 116 valence electrons. The van der Waals surface area contributed by atoms with Crippen LogP contribution in [0.5, 0.6) is 5.75 Å². The summed E-state index contributed by atoms with van der Waals surface area (Å²) in [7, 11) is 0. The number of fused-ring (bicyclic) bond motifs is 1. The first-order valence-electron chi connectivity index (χ1n) is 8.13. The molecule has 1 aliphatic heterocycles. The molecule has 3 nitrogen and oxygen atoms in total. The van der Waals surface area contributed by atoms with Crippen molar-refractivity contribution in [3.63, 3.8) is 0 Å². The molecule has 0 spiro atoms. The Morgan fingerprint density at radius 1 is 1.04 bits per heavy atom. The highest BCUT2D eigenvalue weighted by atomic mass is 32.1. The summed E-state index contributed by atoms with van der Waals surface area (Å²) in [6.07, 6.45) is 2.27. The second-order valence-corrected chi connectivity index (χ2v) is 7.17. The molecule has 5 rings (SSSR count). The number of hydrogen-bond donors (Lipinski definition) is 1. The van der Waals surface area contributed by atoms with Crippen LogP contribution < -0.4 is 15.0 Å². The van der Waals surface area contributed by atoms with Gasteiger partial charge < -0.3 is 15.0 Å². The van der Waals surface area contributed by atoms with Gasteiger partial charge in [-0.05, 0) is 29.9 Å². The molecule has 1 heterocycles. The maximum atomic E-state index is 6.39. The van der Waals surface area contributed by atoms with Crippen molar-refractivity contribution in [1.82, 2.24) is 5.32 Å². The lowest BCUT2D eigenvalue weighted by molar-refractivity contribution is 0.239. The molecule has 0 aromatic heterocycles. The van der Waals surface area contributed by atoms with E-state index < -0.39 is 0 Å². The quantitative estimate of drug-likeness (QED) is 0.874. The van der Waals surface area contributed by atoms with Gasteiger partial charge in [-0.1, -0.05) is 36.4 Å². The normalized spacial score (nSPS) is 30.6. The van der Waals surface area contributed by atoms with Crippen molar-refractivity contribution in [1.29, 1.82) is 0 Å². The topological polar surface area (TPSA) is 24.5 Å². The van der Waals surface area contributed by atoms with Crippen molar-refractivity contribution in [3.05, 3.63) is 60.2 Å². The van der Waals surface area contributed by atoms with Gasteiger partial charge in [0.1, 0.15) is 11.4 Å². The highest BCUT2D eigenvalue weighted by Crippen LogP contribution is 2.80. The summed E-state index contributed by atoms with van der Waals surface area (Å²) in [6, 6.07) is 19.1. The Morgan fingerprint density at radius 2 is 1.87 bits per heavy atom. The van der Waals surface area contributed by atoms with E-state index in [0.717, 1.165) is 42.5 Å². The van der Waals surface area contributed by atoms with E-state index in [9.17, 15) is 0 Å². The average Bonchev–Trinajstić information content (AvgIpc) is 3.30. The third kappa shape index (κ3) is 1.91. The minimum absolute atomic E-state index is 0.0384. The number of rotatable bonds is 4. The fourth-order valence-corrected chi connectivity index (χ4v) is 4.19. The van der Waals surface area contributed by atoms with Crippen molar-refractivity contribution in [2.45, 2.75) is 23.9 Å². The first-order chi connectivity index (χ1) is 11.2. The molecule has 0 amide bonds. The predicted octanol–water partition coefficient (Wildman–Crippen LogP) is 3.24. The summed E-state index contributed by atoms with van der Waals surface area (Å²) in [6.45, 7) is 1.83. The standard InChI is InChI=1S/C19H18N2OS/c23-17-20-9-10-21(17)15-7-4-8-16(11-15)22-19-12-18(19,13-19)14-5-2-1-3-6-14/h1-8,11H,9-10,12-13H2,(H,20,23). The molecular formula is C19H18N2OS. The van der Waals surface area contributed by atoms with Crippen molar-refractivity contribution in [3.8, 4) is 5.75 Å². The summed E-state index contributed by atoms with van der Waals surface area (Å²) in [5.41, 5.74) is 2.84. The molecule has 23 heavy (non-hydrogen) atoms. The van der Waals surface area contributed by atoms with Crippen LogP contribution in [0.4, 0.5) is 5.69 Å². The van der Waals surface area contributed by atoms with Crippen LogP contribution in [0.3, 0.4) is 0 Å². The van der Waals surface area contributed by atoms with Crippen LogP contribution in [0.15, 0.2) is 54.6 Å². The Bertz CT molecular complexity index is 783. The predicted molar refractivity (Wildman–Crippen MR) is 95.1 cm³/mol. The number of thiocarbonyl (C=S) groups is 1. The Balaban J connectivity index is 1.36. The molecular weight excluding hydrogens is 304 g/mol. The number of anilines is 1. The summed E-state index contributed by atoms with van der Waals surface area (Å²) >= 11 is 5.35. The molecule has 0 unspecified atom stereocenters. The number of ether oxygens (including phenoxy) is 1. The molecule has 0 atom stereocenters. The highest BCUT2D eigenvalue weighted by Gasteiger charge is 2.87. The third-order valence-corrected chi connectivity index (χ3v) is 5.79. The lowest BCUT2D eigenvalue weighted by atomic mass is 10.0. The van der Waals surface area contributed by atoms with Gasteiger partial charge in [-0.25, -0.2) is 0 Å². The molecule has 4 heteroatoms. The Morgan fingerprint density at radius 3 is 2.61 bits per heavy atom. The van der Waals surface area contributed by atoms with Gasteiger partial charge in [0.2, 0.25) is 0 Å². The van der Waals surface area contributed by atoms with Gasteiger partial charge in [0, 0.05) is 43.1 Å². The summed E-state index contributed by atoms with van der Waals surface area (Å²) in [5.74, 6) is 0.951. The van der Waals surface area contributed by atoms with Gasteiger partial charge in [0.25, 0.3) is 0 Å². The minimum atomic E-state index is 0.0384. The van der Waals surface area contributed by atoms with E-state index in [1.807, 2.05) is 0 Å². The smallest absolute Gasteiger partial charge is 0.173 e. The molecule has 1 saturated heterocycles. The van der Waals surface area contributed by atoms with E-state index in [4.69, 9.17) is 17.0 Å². The second-order valence-electron chi connectivity index (χ2n) is 6.78. The molecule has 2 aliphatic carbocycles. The van der Waals surface area contributed by atoms with Crippen LogP contribution in [-0.4, -0.2) is 23.8 Å². The minimum Gasteiger partial charge on any atom is -0.486 e. The zero-order valence-corrected chi connectivity index (χ0v) is 13.6. The van der Waals surface area contributed by atoms with Crippen molar-refractivity contribution < 1.29 is 4.74 Å². The number of benzene rings is 2. The first-order valence-corrected chi connectivity index (χ1v) is 8.53. The lowest BCUT2D eigenvalue weighted by Gasteiger charge is -2.18. The summed E-state index contributed by atoms with van der Waals surface area (Å²) in [4.78, 5) is 2.13. The molecule has 1 N–H and O–H groups in total.